The molecule has 8 heteroatoms. The number of likely N-dealkylation sites (tertiary alicyclic amines) is 1. The van der Waals surface area contributed by atoms with Crippen molar-refractivity contribution in [3.63, 3.8) is 0 Å². The molecule has 0 radical (unpaired) electrons. The molecule has 2 aromatic rings. The van der Waals surface area contributed by atoms with Crippen molar-refractivity contribution in [1.82, 2.24) is 10.2 Å². The highest BCUT2D eigenvalue weighted by atomic mass is 35.5. The van der Waals surface area contributed by atoms with Gasteiger partial charge in [-0.25, -0.2) is 4.39 Å². The van der Waals surface area contributed by atoms with Gasteiger partial charge in [0.2, 0.25) is 5.91 Å². The van der Waals surface area contributed by atoms with Gasteiger partial charge in [0.25, 0.3) is 5.91 Å². The number of carbonyl (C=O) groups is 3. The highest BCUT2D eigenvalue weighted by Gasteiger charge is 2.50. The number of nitrogens with one attached hydrogen (secondary N) is 1. The molecule has 1 aliphatic carbocycles. The summed E-state index contributed by atoms with van der Waals surface area (Å²) in [6.07, 6.45) is 3.42. The molecule has 2 N–H and O–H groups in total. The second-order valence-corrected chi connectivity index (χ2v) is 11.5. The van der Waals surface area contributed by atoms with Crippen molar-refractivity contribution in [2.24, 2.45) is 11.3 Å². The third-order valence-electron chi connectivity index (χ3n) is 8.05. The number of nitrogens with zero attached hydrogens (tertiary/aromatic N) is 1. The number of ketones is 1. The maximum absolute atomic E-state index is 14.0. The van der Waals surface area contributed by atoms with E-state index < -0.39 is 34.7 Å². The molecule has 0 unspecified atom stereocenters. The zero-order chi connectivity index (χ0) is 27.0. The maximum atomic E-state index is 14.0. The van der Waals surface area contributed by atoms with Crippen LogP contribution in [0.1, 0.15) is 79.2 Å². The van der Waals surface area contributed by atoms with Crippen molar-refractivity contribution in [2.75, 3.05) is 13.1 Å². The van der Waals surface area contributed by atoms with E-state index in [0.29, 0.717) is 37.4 Å². The highest BCUT2D eigenvalue weighted by Crippen LogP contribution is 2.46. The van der Waals surface area contributed by atoms with Crippen LogP contribution in [0.2, 0.25) is 5.02 Å². The minimum absolute atomic E-state index is 0.0418. The Morgan fingerprint density at radius 2 is 1.70 bits per heavy atom. The molecule has 2 aliphatic rings. The monoisotopic (exact) mass is 528 g/mol. The summed E-state index contributed by atoms with van der Waals surface area (Å²) >= 11 is 6.04. The number of aliphatic hydroxyl groups is 1. The van der Waals surface area contributed by atoms with Crippen LogP contribution in [0.5, 0.6) is 0 Å². The van der Waals surface area contributed by atoms with E-state index in [1.54, 1.807) is 17.0 Å². The number of carbonyl (C=O) groups excluding carboxylic acids is 3. The summed E-state index contributed by atoms with van der Waals surface area (Å²) in [4.78, 5) is 40.2. The lowest BCUT2D eigenvalue weighted by molar-refractivity contribution is -0.158. The first-order valence-corrected chi connectivity index (χ1v) is 13.2. The van der Waals surface area contributed by atoms with Gasteiger partial charge in [-0.15, -0.1) is 0 Å². The van der Waals surface area contributed by atoms with Crippen LogP contribution in [0, 0.1) is 17.2 Å². The van der Waals surface area contributed by atoms with Gasteiger partial charge in [-0.3, -0.25) is 14.4 Å². The fourth-order valence-corrected chi connectivity index (χ4v) is 5.91. The molecule has 1 saturated carbocycles. The van der Waals surface area contributed by atoms with Crippen LogP contribution < -0.4 is 5.32 Å². The molecular formula is C29H34ClFN2O4. The van der Waals surface area contributed by atoms with Gasteiger partial charge >= 0.3 is 0 Å². The van der Waals surface area contributed by atoms with Crippen molar-refractivity contribution in [2.45, 2.75) is 64.5 Å². The first-order chi connectivity index (χ1) is 17.4. The largest absolute Gasteiger partial charge is 0.384 e. The molecule has 1 saturated heterocycles. The molecule has 37 heavy (non-hydrogen) atoms. The van der Waals surface area contributed by atoms with Crippen LogP contribution in [0.4, 0.5) is 4.39 Å². The zero-order valence-electron chi connectivity index (χ0n) is 21.5. The first-order valence-electron chi connectivity index (χ1n) is 12.8. The number of hydrogen-bond acceptors (Lipinski definition) is 4. The van der Waals surface area contributed by atoms with E-state index in [1.807, 2.05) is 26.0 Å². The van der Waals surface area contributed by atoms with Gasteiger partial charge in [0.1, 0.15) is 5.82 Å². The van der Waals surface area contributed by atoms with E-state index in [0.717, 1.165) is 30.5 Å². The lowest BCUT2D eigenvalue weighted by Gasteiger charge is -2.51. The Balaban J connectivity index is 1.49. The summed E-state index contributed by atoms with van der Waals surface area (Å²) in [5, 5.41) is 15.2. The van der Waals surface area contributed by atoms with Crippen LogP contribution in [-0.4, -0.2) is 46.7 Å². The molecule has 6 nitrogen and oxygen atoms in total. The van der Waals surface area contributed by atoms with Gasteiger partial charge in [0, 0.05) is 40.7 Å². The van der Waals surface area contributed by atoms with E-state index in [9.17, 15) is 23.9 Å². The predicted octanol–water partition coefficient (Wildman–Crippen LogP) is 5.12. The Hall–Kier alpha value is -2.77. The van der Waals surface area contributed by atoms with Crippen LogP contribution >= 0.6 is 11.6 Å². The number of Topliss-reactive ketones (excluding diaryl/α,β-unsaturated/α-hetero) is 1. The minimum atomic E-state index is -1.11. The molecule has 3 atom stereocenters. The van der Waals surface area contributed by atoms with Gasteiger partial charge in [-0.05, 0) is 62.1 Å². The quantitative estimate of drug-likeness (QED) is 0.528. The fraction of sp³-hybridized carbons (Fsp3) is 0.483. The standard InChI is InChI=1S/C29H34ClFN2O4/c1-18(34)19-14-20(16-23(31)15-19)26(35)32-25-7-5-4-6-24(25)27(36)33-13-12-29(37,28(2,3)17-33)21-8-10-22(30)11-9-21/h8-11,14-16,24-25,37H,4-7,12-13,17H2,1-3H3,(H,32,35)/t24-,25+,29-/m0/s1. The third kappa shape index (κ3) is 5.58. The number of rotatable bonds is 5. The molecule has 4 rings (SSSR count). The average molecular weight is 529 g/mol. The van der Waals surface area contributed by atoms with Crippen molar-refractivity contribution in [1.29, 1.82) is 0 Å². The van der Waals surface area contributed by atoms with Gasteiger partial charge < -0.3 is 15.3 Å². The smallest absolute Gasteiger partial charge is 0.251 e. The fourth-order valence-electron chi connectivity index (χ4n) is 5.78. The second-order valence-electron chi connectivity index (χ2n) is 11.0. The van der Waals surface area contributed by atoms with Gasteiger partial charge in [-0.1, -0.05) is 50.4 Å². The zero-order valence-corrected chi connectivity index (χ0v) is 22.3. The lowest BCUT2D eigenvalue weighted by atomic mass is 9.66. The van der Waals surface area contributed by atoms with Crippen LogP contribution in [0.3, 0.4) is 0 Å². The van der Waals surface area contributed by atoms with E-state index in [2.05, 4.69) is 5.32 Å². The Labute approximate surface area is 222 Å². The second kappa shape index (κ2) is 10.5. The van der Waals surface area contributed by atoms with Crippen molar-refractivity contribution >= 4 is 29.2 Å². The summed E-state index contributed by atoms with van der Waals surface area (Å²) in [5.74, 6) is -1.93. The SMILES string of the molecule is CC(=O)c1cc(F)cc(C(=O)N[C@@H]2CCCC[C@@H]2C(=O)N2CC[C@](O)(c3ccc(Cl)cc3)C(C)(C)C2)c1. The molecule has 0 bridgehead atoms. The number of halogens is 2. The average Bonchev–Trinajstić information content (AvgIpc) is 2.85. The predicted molar refractivity (Wildman–Crippen MR) is 140 cm³/mol. The number of benzene rings is 2. The molecule has 1 aliphatic heterocycles. The summed E-state index contributed by atoms with van der Waals surface area (Å²) in [6, 6.07) is 10.4. The molecular weight excluding hydrogens is 495 g/mol. The normalized spacial score (nSPS) is 25.4. The molecule has 198 valence electrons. The first kappa shape index (κ1) is 27.3. The van der Waals surface area contributed by atoms with Crippen LogP contribution in [0.15, 0.2) is 42.5 Å². The Morgan fingerprint density at radius 3 is 2.35 bits per heavy atom. The summed E-state index contributed by atoms with van der Waals surface area (Å²) < 4.78 is 14.0. The molecule has 2 amide bonds. The van der Waals surface area contributed by atoms with E-state index in [4.69, 9.17) is 11.6 Å². The van der Waals surface area contributed by atoms with Gasteiger partial charge in [0.15, 0.2) is 5.78 Å². The summed E-state index contributed by atoms with van der Waals surface area (Å²) in [6.45, 7) is 5.99. The van der Waals surface area contributed by atoms with Crippen LogP contribution in [-0.2, 0) is 10.4 Å². The summed E-state index contributed by atoms with van der Waals surface area (Å²) in [7, 11) is 0. The highest BCUT2D eigenvalue weighted by molar-refractivity contribution is 6.30. The maximum Gasteiger partial charge on any atom is 0.251 e. The number of hydrogen-bond donors (Lipinski definition) is 2. The summed E-state index contributed by atoms with van der Waals surface area (Å²) in [5.41, 5.74) is -0.760. The van der Waals surface area contributed by atoms with Crippen molar-refractivity contribution < 1.29 is 23.9 Å². The van der Waals surface area contributed by atoms with Gasteiger partial charge in [0.05, 0.1) is 11.5 Å². The number of piperidine rings is 1. The number of amides is 2. The third-order valence-corrected chi connectivity index (χ3v) is 8.30. The molecule has 0 aromatic heterocycles. The van der Waals surface area contributed by atoms with E-state index >= 15 is 0 Å². The Morgan fingerprint density at radius 1 is 1.05 bits per heavy atom. The molecule has 2 fully saturated rings. The molecule has 1 heterocycles. The van der Waals surface area contributed by atoms with E-state index in [-0.39, 0.29) is 22.8 Å². The minimum Gasteiger partial charge on any atom is -0.384 e. The van der Waals surface area contributed by atoms with Crippen molar-refractivity contribution in [3.8, 4) is 0 Å². The van der Waals surface area contributed by atoms with Gasteiger partial charge in [-0.2, -0.15) is 0 Å². The lowest BCUT2D eigenvalue weighted by Crippen LogP contribution is -2.59. The van der Waals surface area contributed by atoms with Crippen LogP contribution in [0.25, 0.3) is 0 Å². The Bertz CT molecular complexity index is 1200. The van der Waals surface area contributed by atoms with Crippen molar-refractivity contribution in [3.05, 3.63) is 70.0 Å². The van der Waals surface area contributed by atoms with E-state index in [1.165, 1.54) is 13.0 Å². The molecule has 2 aromatic carbocycles. The topological polar surface area (TPSA) is 86.7 Å². The Kier molecular flexibility index (Phi) is 7.77. The molecule has 0 spiro atoms.